The zero-order valence-corrected chi connectivity index (χ0v) is 13.5. The molecular weight excluding hydrogens is 332 g/mol. The molecule has 0 amide bonds. The third-order valence-electron chi connectivity index (χ3n) is 3.91. The summed E-state index contributed by atoms with van der Waals surface area (Å²) in [6.07, 6.45) is 0. The molecule has 2 aromatic heterocycles. The van der Waals surface area contributed by atoms with Crippen LogP contribution in [0.5, 0.6) is 0 Å². The van der Waals surface area contributed by atoms with E-state index in [1.807, 2.05) is 24.3 Å². The van der Waals surface area contributed by atoms with Gasteiger partial charge in [-0.25, -0.2) is 4.98 Å². The van der Waals surface area contributed by atoms with Gasteiger partial charge in [-0.1, -0.05) is 23.4 Å². The molecule has 5 N–H and O–H groups in total. The Labute approximate surface area is 147 Å². The highest BCUT2D eigenvalue weighted by atomic mass is 16.6. The van der Waals surface area contributed by atoms with Gasteiger partial charge in [0, 0.05) is 22.1 Å². The molecule has 0 aliphatic rings. The lowest BCUT2D eigenvalue weighted by Gasteiger charge is -2.03. The van der Waals surface area contributed by atoms with E-state index in [9.17, 15) is 0 Å². The second kappa shape index (κ2) is 6.26. The predicted octanol–water partition coefficient (Wildman–Crippen LogP) is 2.75. The first-order valence-electron chi connectivity index (χ1n) is 7.71. The van der Waals surface area contributed by atoms with Gasteiger partial charge in [0.2, 0.25) is 11.7 Å². The first-order chi connectivity index (χ1) is 12.7. The fraction of sp³-hybridized carbons (Fsp3) is 0. The topological polar surface area (TPSA) is 137 Å². The molecule has 128 valence electrons. The molecule has 26 heavy (non-hydrogen) atoms. The lowest BCUT2D eigenvalue weighted by atomic mass is 10.1. The Hall–Kier alpha value is -3.78. The lowest BCUT2D eigenvalue weighted by Crippen LogP contribution is -2.09. The first kappa shape index (κ1) is 15.7. The molecule has 2 heterocycles. The number of nitrogens with zero attached hydrogens (tertiary/aromatic N) is 3. The molecule has 0 aliphatic heterocycles. The summed E-state index contributed by atoms with van der Waals surface area (Å²) in [7, 11) is 0. The molecule has 0 radical (unpaired) electrons. The van der Waals surface area contributed by atoms with Gasteiger partial charge in [-0.05, 0) is 36.4 Å². The second-order valence-electron chi connectivity index (χ2n) is 5.56. The minimum atomic E-state index is -0.124. The Kier molecular flexibility index (Phi) is 3.79. The molecule has 0 bridgehead atoms. The van der Waals surface area contributed by atoms with Crippen molar-refractivity contribution >= 4 is 22.6 Å². The van der Waals surface area contributed by atoms with E-state index in [1.165, 1.54) is 0 Å². The molecule has 8 nitrogen and oxygen atoms in total. The largest absolute Gasteiger partial charge is 0.391 e. The number of para-hydroxylation sites is 1. The van der Waals surface area contributed by atoms with E-state index >= 15 is 0 Å². The molecule has 0 saturated heterocycles. The number of aromatic nitrogens is 3. The van der Waals surface area contributed by atoms with Crippen LogP contribution in [0.25, 0.3) is 33.7 Å². The van der Waals surface area contributed by atoms with Crippen molar-refractivity contribution in [2.24, 2.45) is 5.90 Å². The number of fused-ring (bicyclic) bond motifs is 1. The Bertz CT molecular complexity index is 1100. The summed E-state index contributed by atoms with van der Waals surface area (Å²) in [4.78, 5) is 13.2. The van der Waals surface area contributed by atoms with E-state index in [0.717, 1.165) is 16.5 Å². The zero-order valence-electron chi connectivity index (χ0n) is 13.5. The van der Waals surface area contributed by atoms with Crippen LogP contribution in [0.2, 0.25) is 0 Å². The van der Waals surface area contributed by atoms with E-state index in [4.69, 9.17) is 21.6 Å². The number of nitrogens with one attached hydrogen (secondary N) is 1. The number of anilines is 1. The molecule has 2 aromatic carbocycles. The first-order valence-corrected chi connectivity index (χ1v) is 7.71. The van der Waals surface area contributed by atoms with Gasteiger partial charge in [-0.3, -0.25) is 5.41 Å². The summed E-state index contributed by atoms with van der Waals surface area (Å²) >= 11 is 0. The Morgan fingerprint density at radius 3 is 2.58 bits per heavy atom. The van der Waals surface area contributed by atoms with Gasteiger partial charge in [0.05, 0.1) is 5.52 Å². The van der Waals surface area contributed by atoms with Crippen LogP contribution in [0.3, 0.4) is 0 Å². The highest BCUT2D eigenvalue weighted by Crippen LogP contribution is 2.29. The van der Waals surface area contributed by atoms with Crippen LogP contribution in [-0.2, 0) is 4.84 Å². The molecule has 0 unspecified atom stereocenters. The molecule has 4 aromatic rings. The SMILES string of the molecule is N=C(ON)c1ccc(-c2nc(-c3cc(N)nc4ccccc34)no2)cc1. The maximum atomic E-state index is 7.55. The summed E-state index contributed by atoms with van der Waals surface area (Å²) in [5, 5.41) is 12.5. The number of pyridine rings is 1. The molecular formula is C18H14N6O2. The molecule has 8 heteroatoms. The van der Waals surface area contributed by atoms with Crippen LogP contribution >= 0.6 is 0 Å². The van der Waals surface area contributed by atoms with Crippen molar-refractivity contribution in [2.45, 2.75) is 0 Å². The number of hydrogen-bond donors (Lipinski definition) is 3. The zero-order chi connectivity index (χ0) is 18.1. The minimum Gasteiger partial charge on any atom is -0.391 e. The average molecular weight is 346 g/mol. The van der Waals surface area contributed by atoms with Crippen molar-refractivity contribution in [1.82, 2.24) is 15.1 Å². The van der Waals surface area contributed by atoms with Crippen LogP contribution < -0.4 is 11.6 Å². The summed E-state index contributed by atoms with van der Waals surface area (Å²) < 4.78 is 5.39. The highest BCUT2D eigenvalue weighted by molar-refractivity contribution is 5.94. The monoisotopic (exact) mass is 346 g/mol. The third-order valence-corrected chi connectivity index (χ3v) is 3.91. The standard InChI is InChI=1S/C18H14N6O2/c19-15-9-13(12-3-1-2-4-14(12)22-15)17-23-18(26-24-17)11-7-5-10(6-8-11)16(20)25-21/h1-9,20H,21H2,(H2,19,22). The normalized spacial score (nSPS) is 10.8. The van der Waals surface area contributed by atoms with E-state index in [0.29, 0.717) is 28.7 Å². The van der Waals surface area contributed by atoms with E-state index in [-0.39, 0.29) is 5.90 Å². The number of benzene rings is 2. The predicted molar refractivity (Wildman–Crippen MR) is 97.0 cm³/mol. The van der Waals surface area contributed by atoms with Crippen LogP contribution in [0, 0.1) is 5.41 Å². The second-order valence-corrected chi connectivity index (χ2v) is 5.56. The van der Waals surface area contributed by atoms with Crippen molar-refractivity contribution < 1.29 is 9.36 Å². The summed E-state index contributed by atoms with van der Waals surface area (Å²) in [5.41, 5.74) is 8.67. The molecule has 0 aliphatic carbocycles. The van der Waals surface area contributed by atoms with Gasteiger partial charge in [-0.15, -0.1) is 0 Å². The fourth-order valence-electron chi connectivity index (χ4n) is 2.66. The maximum Gasteiger partial charge on any atom is 0.258 e. The smallest absolute Gasteiger partial charge is 0.258 e. The van der Waals surface area contributed by atoms with Gasteiger partial charge in [-0.2, -0.15) is 10.9 Å². The average Bonchev–Trinajstić information content (AvgIpc) is 3.17. The van der Waals surface area contributed by atoms with Crippen LogP contribution in [0.4, 0.5) is 5.82 Å². The highest BCUT2D eigenvalue weighted by Gasteiger charge is 2.15. The van der Waals surface area contributed by atoms with E-state index in [1.54, 1.807) is 30.3 Å². The Morgan fingerprint density at radius 2 is 1.81 bits per heavy atom. The number of nitrogens with two attached hydrogens (primary N) is 2. The maximum absolute atomic E-state index is 7.55. The summed E-state index contributed by atoms with van der Waals surface area (Å²) in [6.45, 7) is 0. The van der Waals surface area contributed by atoms with Crippen molar-refractivity contribution in [1.29, 1.82) is 5.41 Å². The molecule has 0 atom stereocenters. The van der Waals surface area contributed by atoms with Gasteiger partial charge in [0.15, 0.2) is 0 Å². The van der Waals surface area contributed by atoms with Crippen LogP contribution in [0.1, 0.15) is 5.56 Å². The number of hydrogen-bond acceptors (Lipinski definition) is 8. The van der Waals surface area contributed by atoms with E-state index in [2.05, 4.69) is 20.0 Å². The minimum absolute atomic E-state index is 0.124. The van der Waals surface area contributed by atoms with Gasteiger partial charge >= 0.3 is 0 Å². The van der Waals surface area contributed by atoms with Gasteiger partial charge < -0.3 is 15.1 Å². The van der Waals surface area contributed by atoms with Crippen molar-refractivity contribution in [3.63, 3.8) is 0 Å². The third kappa shape index (κ3) is 2.74. The molecule has 0 fully saturated rings. The van der Waals surface area contributed by atoms with Crippen molar-refractivity contribution in [2.75, 3.05) is 5.73 Å². The summed E-state index contributed by atoms with van der Waals surface area (Å²) in [5.74, 6) is 6.03. The quantitative estimate of drug-likeness (QED) is 0.294. The van der Waals surface area contributed by atoms with Crippen LogP contribution in [0.15, 0.2) is 59.1 Å². The van der Waals surface area contributed by atoms with Crippen molar-refractivity contribution in [3.8, 4) is 22.8 Å². The van der Waals surface area contributed by atoms with Gasteiger partial charge in [0.1, 0.15) is 5.82 Å². The number of nitrogen functional groups attached to an aromatic ring is 1. The van der Waals surface area contributed by atoms with E-state index < -0.39 is 0 Å². The molecule has 0 spiro atoms. The van der Waals surface area contributed by atoms with Crippen LogP contribution in [-0.4, -0.2) is 21.0 Å². The molecule has 4 rings (SSSR count). The number of rotatable bonds is 3. The van der Waals surface area contributed by atoms with Crippen molar-refractivity contribution in [3.05, 3.63) is 60.2 Å². The van der Waals surface area contributed by atoms with Gasteiger partial charge in [0.25, 0.3) is 5.89 Å². The molecule has 0 saturated carbocycles. The lowest BCUT2D eigenvalue weighted by molar-refractivity contribution is 0.319. The fourth-order valence-corrected chi connectivity index (χ4v) is 2.66. The Morgan fingerprint density at radius 1 is 1.04 bits per heavy atom. The summed E-state index contributed by atoms with van der Waals surface area (Å²) in [6, 6.07) is 16.2. The Balaban J connectivity index is 1.74.